The predicted octanol–water partition coefficient (Wildman–Crippen LogP) is 2.85. The van der Waals surface area contributed by atoms with Gasteiger partial charge >= 0.3 is 0 Å². The Balaban J connectivity index is 0.000000810. The van der Waals surface area contributed by atoms with E-state index in [0.29, 0.717) is 0 Å². The van der Waals surface area contributed by atoms with Gasteiger partial charge in [-0.05, 0) is 11.6 Å². The van der Waals surface area contributed by atoms with E-state index in [4.69, 9.17) is 5.11 Å². The molecular formula is C9H12O. The number of hydrogen-bond donors (Lipinski definition) is 1. The van der Waals surface area contributed by atoms with Crippen LogP contribution < -0.4 is 0 Å². The van der Waals surface area contributed by atoms with Crippen molar-refractivity contribution >= 4 is 6.08 Å². The lowest BCUT2D eigenvalue weighted by Crippen LogP contribution is -1.66. The molecule has 0 aliphatic rings. The molecule has 0 aliphatic carbocycles. The Kier molecular flexibility index (Phi) is 4.05. The third-order valence-corrected chi connectivity index (χ3v) is 1.07. The SMILES string of the molecule is C.O/C=C/c1ccccc1. The van der Waals surface area contributed by atoms with E-state index in [1.165, 1.54) is 0 Å². The summed E-state index contributed by atoms with van der Waals surface area (Å²) in [5, 5.41) is 8.34. The molecule has 1 N–H and O–H groups in total. The molecule has 1 heteroatoms. The van der Waals surface area contributed by atoms with Crippen molar-refractivity contribution < 1.29 is 5.11 Å². The standard InChI is InChI=1S/C8H8O.CH4/c9-7-6-8-4-2-1-3-5-8;/h1-7,9H;1H4/b7-6+;. The molecule has 0 unspecified atom stereocenters. The van der Waals surface area contributed by atoms with E-state index in [9.17, 15) is 0 Å². The van der Waals surface area contributed by atoms with Gasteiger partial charge in [0.05, 0.1) is 6.26 Å². The van der Waals surface area contributed by atoms with Crippen LogP contribution in [0.2, 0.25) is 0 Å². The van der Waals surface area contributed by atoms with Gasteiger partial charge in [0, 0.05) is 0 Å². The van der Waals surface area contributed by atoms with Crippen molar-refractivity contribution in [2.24, 2.45) is 0 Å². The van der Waals surface area contributed by atoms with Crippen molar-refractivity contribution in [1.29, 1.82) is 0 Å². The summed E-state index contributed by atoms with van der Waals surface area (Å²) in [7, 11) is 0. The van der Waals surface area contributed by atoms with Crippen LogP contribution in [0.15, 0.2) is 36.6 Å². The first-order valence-electron chi connectivity index (χ1n) is 2.79. The Morgan fingerprint density at radius 2 is 1.70 bits per heavy atom. The average molecular weight is 136 g/mol. The van der Waals surface area contributed by atoms with E-state index in [1.807, 2.05) is 30.3 Å². The lowest BCUT2D eigenvalue weighted by Gasteiger charge is -1.86. The summed E-state index contributed by atoms with van der Waals surface area (Å²) in [6.45, 7) is 0. The van der Waals surface area contributed by atoms with Gasteiger partial charge in [0.2, 0.25) is 0 Å². The van der Waals surface area contributed by atoms with Crippen molar-refractivity contribution in [1.82, 2.24) is 0 Å². The fraction of sp³-hybridized carbons (Fsp3) is 0.111. The van der Waals surface area contributed by atoms with Gasteiger partial charge in [-0.1, -0.05) is 37.8 Å². The van der Waals surface area contributed by atoms with Gasteiger partial charge < -0.3 is 5.11 Å². The molecule has 0 amide bonds. The molecule has 10 heavy (non-hydrogen) atoms. The number of benzene rings is 1. The first kappa shape index (κ1) is 8.76. The van der Waals surface area contributed by atoms with Gasteiger partial charge in [-0.15, -0.1) is 0 Å². The molecular weight excluding hydrogens is 124 g/mol. The molecule has 54 valence electrons. The highest BCUT2D eigenvalue weighted by molar-refractivity contribution is 5.47. The highest BCUT2D eigenvalue weighted by atomic mass is 16.2. The number of hydrogen-bond acceptors (Lipinski definition) is 1. The van der Waals surface area contributed by atoms with Gasteiger partial charge in [-0.25, -0.2) is 0 Å². The van der Waals surface area contributed by atoms with Gasteiger partial charge in [0.15, 0.2) is 0 Å². The molecule has 0 spiro atoms. The molecule has 1 aromatic rings. The minimum Gasteiger partial charge on any atom is -0.516 e. The van der Waals surface area contributed by atoms with E-state index in [2.05, 4.69) is 0 Å². The Morgan fingerprint density at radius 1 is 1.10 bits per heavy atom. The number of aliphatic hydroxyl groups is 1. The monoisotopic (exact) mass is 136 g/mol. The average Bonchev–Trinajstić information content (AvgIpc) is 1.91. The summed E-state index contributed by atoms with van der Waals surface area (Å²) >= 11 is 0. The van der Waals surface area contributed by atoms with Crippen LogP contribution in [0.5, 0.6) is 0 Å². The number of aliphatic hydroxyl groups excluding tert-OH is 1. The van der Waals surface area contributed by atoms with Crippen LogP contribution in [0.3, 0.4) is 0 Å². The second kappa shape index (κ2) is 4.62. The van der Waals surface area contributed by atoms with E-state index in [-0.39, 0.29) is 7.43 Å². The zero-order chi connectivity index (χ0) is 6.53. The second-order valence-corrected chi connectivity index (χ2v) is 1.73. The molecule has 1 rings (SSSR count). The van der Waals surface area contributed by atoms with Gasteiger partial charge in [0.25, 0.3) is 0 Å². The molecule has 0 saturated carbocycles. The third kappa shape index (κ3) is 2.35. The van der Waals surface area contributed by atoms with Crippen molar-refractivity contribution in [3.63, 3.8) is 0 Å². The highest BCUT2D eigenvalue weighted by Gasteiger charge is 1.78. The molecule has 0 radical (unpaired) electrons. The summed E-state index contributed by atoms with van der Waals surface area (Å²) in [5.74, 6) is 0. The van der Waals surface area contributed by atoms with Crippen molar-refractivity contribution in [2.75, 3.05) is 0 Å². The molecule has 1 nitrogen and oxygen atoms in total. The Bertz CT molecular complexity index is 189. The van der Waals surface area contributed by atoms with Crippen LogP contribution in [0.25, 0.3) is 6.08 Å². The van der Waals surface area contributed by atoms with Crippen molar-refractivity contribution in [3.05, 3.63) is 42.2 Å². The normalized spacial score (nSPS) is 9.20. The van der Waals surface area contributed by atoms with E-state index in [0.717, 1.165) is 11.8 Å². The molecule has 0 fully saturated rings. The van der Waals surface area contributed by atoms with Crippen molar-refractivity contribution in [3.8, 4) is 0 Å². The Morgan fingerprint density at radius 3 is 2.20 bits per heavy atom. The zero-order valence-corrected chi connectivity index (χ0v) is 4.99. The molecule has 0 bridgehead atoms. The maximum absolute atomic E-state index is 8.34. The smallest absolute Gasteiger partial charge is 0.0797 e. The molecule has 0 atom stereocenters. The quantitative estimate of drug-likeness (QED) is 0.588. The van der Waals surface area contributed by atoms with Crippen LogP contribution in [0.1, 0.15) is 13.0 Å². The zero-order valence-electron chi connectivity index (χ0n) is 4.99. The highest BCUT2D eigenvalue weighted by Crippen LogP contribution is 1.98. The Hall–Kier alpha value is -1.24. The molecule has 0 heterocycles. The summed E-state index contributed by atoms with van der Waals surface area (Å²) in [5.41, 5.74) is 1.01. The fourth-order valence-corrected chi connectivity index (χ4v) is 0.650. The van der Waals surface area contributed by atoms with Gasteiger partial charge in [-0.3, -0.25) is 0 Å². The largest absolute Gasteiger partial charge is 0.516 e. The first-order chi connectivity index (χ1) is 4.43. The topological polar surface area (TPSA) is 20.2 Å². The third-order valence-electron chi connectivity index (χ3n) is 1.07. The molecule has 0 aliphatic heterocycles. The van der Waals surface area contributed by atoms with E-state index >= 15 is 0 Å². The summed E-state index contributed by atoms with van der Waals surface area (Å²) in [4.78, 5) is 0. The predicted molar refractivity (Wildman–Crippen MR) is 44.8 cm³/mol. The van der Waals surface area contributed by atoms with Gasteiger partial charge in [0.1, 0.15) is 0 Å². The second-order valence-electron chi connectivity index (χ2n) is 1.73. The summed E-state index contributed by atoms with van der Waals surface area (Å²) in [6, 6.07) is 9.64. The molecule has 0 saturated heterocycles. The molecule has 1 aromatic carbocycles. The summed E-state index contributed by atoms with van der Waals surface area (Å²) in [6.07, 6.45) is 2.68. The van der Waals surface area contributed by atoms with Gasteiger partial charge in [-0.2, -0.15) is 0 Å². The van der Waals surface area contributed by atoms with Crippen molar-refractivity contribution in [2.45, 2.75) is 7.43 Å². The first-order valence-corrected chi connectivity index (χ1v) is 2.79. The minimum absolute atomic E-state index is 0. The summed E-state index contributed by atoms with van der Waals surface area (Å²) < 4.78 is 0. The van der Waals surface area contributed by atoms with Crippen LogP contribution in [-0.2, 0) is 0 Å². The lowest BCUT2D eigenvalue weighted by atomic mass is 10.2. The Labute approximate surface area is 61.6 Å². The minimum atomic E-state index is 0. The number of rotatable bonds is 1. The van der Waals surface area contributed by atoms with Crippen LogP contribution in [0, 0.1) is 0 Å². The maximum Gasteiger partial charge on any atom is 0.0797 e. The van der Waals surface area contributed by atoms with E-state index in [1.54, 1.807) is 6.08 Å². The van der Waals surface area contributed by atoms with Crippen LogP contribution in [-0.4, -0.2) is 5.11 Å². The van der Waals surface area contributed by atoms with E-state index < -0.39 is 0 Å². The van der Waals surface area contributed by atoms with Crippen LogP contribution >= 0.6 is 0 Å². The van der Waals surface area contributed by atoms with Crippen LogP contribution in [0.4, 0.5) is 0 Å². The molecule has 0 aromatic heterocycles. The maximum atomic E-state index is 8.34. The lowest BCUT2D eigenvalue weighted by molar-refractivity contribution is 0.478. The fourth-order valence-electron chi connectivity index (χ4n) is 0.650.